The van der Waals surface area contributed by atoms with Crippen molar-refractivity contribution in [1.29, 1.82) is 0 Å². The Hall–Kier alpha value is -1.60. The number of aryl methyl sites for hydroxylation is 1. The van der Waals surface area contributed by atoms with Crippen LogP contribution in [0.2, 0.25) is 0 Å². The van der Waals surface area contributed by atoms with Gasteiger partial charge in [0.1, 0.15) is 5.69 Å². The van der Waals surface area contributed by atoms with Gasteiger partial charge in [-0.1, -0.05) is 27.3 Å². The summed E-state index contributed by atoms with van der Waals surface area (Å²) < 4.78 is 1.71. The second kappa shape index (κ2) is 17.5. The van der Waals surface area contributed by atoms with Crippen molar-refractivity contribution in [2.24, 2.45) is 7.05 Å². The molecule has 7 nitrogen and oxygen atoms in total. The number of carbonyl (C=O) groups excluding carboxylic acids is 2. The van der Waals surface area contributed by atoms with Crippen LogP contribution in [0.4, 0.5) is 0 Å². The molecule has 0 aliphatic carbocycles. The van der Waals surface area contributed by atoms with E-state index in [0.29, 0.717) is 5.69 Å². The number of aromatic nitrogens is 3. The Kier molecular flexibility index (Phi) is 21.2. The maximum Gasteiger partial charge on any atom is 0.271 e. The van der Waals surface area contributed by atoms with Gasteiger partial charge in [0.05, 0.1) is 11.9 Å². The summed E-state index contributed by atoms with van der Waals surface area (Å²) in [5.74, 6) is -0.120. The topological polar surface area (TPSA) is 71.3 Å². The molecule has 0 aliphatic rings. The van der Waals surface area contributed by atoms with Gasteiger partial charge in [-0.25, -0.2) is 4.98 Å². The fourth-order valence-electron chi connectivity index (χ4n) is 1.50. The number of pyridine rings is 1. The van der Waals surface area contributed by atoms with Gasteiger partial charge in [-0.15, -0.1) is 0 Å². The Bertz CT molecular complexity index is 685. The average molecular weight is 466 g/mol. The second-order valence-electron chi connectivity index (χ2n) is 5.23. The quantitative estimate of drug-likeness (QED) is 0.635. The number of nitrogens with zero attached hydrogens (tertiary/aromatic N) is 5. The van der Waals surface area contributed by atoms with E-state index in [1.54, 1.807) is 38.1 Å². The van der Waals surface area contributed by atoms with Gasteiger partial charge in [-0.05, 0) is 19.2 Å². The molecule has 2 rings (SSSR count). The van der Waals surface area contributed by atoms with Gasteiger partial charge in [0.25, 0.3) is 5.91 Å². The van der Waals surface area contributed by atoms with Crippen LogP contribution in [0.3, 0.4) is 0 Å². The fourth-order valence-corrected chi connectivity index (χ4v) is 1.50. The normalized spacial score (nSPS) is 8.14. The van der Waals surface area contributed by atoms with Crippen LogP contribution >= 0.6 is 0 Å². The van der Waals surface area contributed by atoms with Crippen LogP contribution in [-0.2, 0) is 44.6 Å². The second-order valence-corrected chi connectivity index (χ2v) is 5.23. The van der Waals surface area contributed by atoms with Crippen LogP contribution in [0.25, 0.3) is 11.3 Å². The first-order valence-electron chi connectivity index (χ1n) is 7.95. The Morgan fingerprint density at radius 2 is 1.64 bits per heavy atom. The molecule has 2 heterocycles. The fraction of sp³-hybridized carbons (Fsp3) is 0.400. The van der Waals surface area contributed by atoms with E-state index in [1.165, 1.54) is 16.7 Å². The SMILES string of the molecule is C.CC.CN(C)C(=O)c1cccc(-c2cnn(C)c2)n1.[CH2-]N(C)C(C)=O.[CH3-].[Y]. The average Bonchev–Trinajstić information content (AvgIpc) is 3.03. The van der Waals surface area contributed by atoms with Crippen LogP contribution in [0.5, 0.6) is 0 Å². The van der Waals surface area contributed by atoms with Gasteiger partial charge >= 0.3 is 0 Å². The largest absolute Gasteiger partial charge is 0.498 e. The smallest absolute Gasteiger partial charge is 0.271 e. The number of amides is 2. The molecule has 0 unspecified atom stereocenters. The third kappa shape index (κ3) is 12.0. The Morgan fingerprint density at radius 3 is 2.00 bits per heavy atom. The van der Waals surface area contributed by atoms with E-state index in [4.69, 9.17) is 0 Å². The van der Waals surface area contributed by atoms with Crippen LogP contribution in [0.1, 0.15) is 38.7 Å². The van der Waals surface area contributed by atoms with E-state index >= 15 is 0 Å². The summed E-state index contributed by atoms with van der Waals surface area (Å²) >= 11 is 0. The number of hydrogen-bond donors (Lipinski definition) is 0. The van der Waals surface area contributed by atoms with Gasteiger partial charge in [0, 0.05) is 72.5 Å². The molecule has 2 aromatic heterocycles. The van der Waals surface area contributed by atoms with Gasteiger partial charge in [0.2, 0.25) is 0 Å². The molecule has 28 heavy (non-hydrogen) atoms. The third-order valence-corrected chi connectivity index (χ3v) is 2.91. The number of carbonyl (C=O) groups is 2. The first-order valence-corrected chi connectivity index (χ1v) is 7.95. The summed E-state index contributed by atoms with van der Waals surface area (Å²) in [6, 6.07) is 5.40. The Morgan fingerprint density at radius 1 is 1.14 bits per heavy atom. The van der Waals surface area contributed by atoms with E-state index in [9.17, 15) is 9.59 Å². The van der Waals surface area contributed by atoms with Crippen molar-refractivity contribution >= 4 is 11.8 Å². The summed E-state index contributed by atoms with van der Waals surface area (Å²) in [4.78, 5) is 28.9. The summed E-state index contributed by atoms with van der Waals surface area (Å²) in [6.45, 7) is 5.47. The molecule has 0 bridgehead atoms. The molecule has 2 amide bonds. The van der Waals surface area contributed by atoms with Crippen molar-refractivity contribution in [2.45, 2.75) is 28.2 Å². The molecular weight excluding hydrogens is 431 g/mol. The molecule has 0 N–H and O–H groups in total. The van der Waals surface area contributed by atoms with Gasteiger partial charge in [-0.2, -0.15) is 5.10 Å². The van der Waals surface area contributed by atoms with Crippen LogP contribution in [-0.4, -0.2) is 57.5 Å². The predicted molar refractivity (Wildman–Crippen MR) is 113 cm³/mol. The first kappa shape index (κ1) is 33.9. The molecule has 0 aliphatic heterocycles. The minimum Gasteiger partial charge on any atom is -0.498 e. The van der Waals surface area contributed by atoms with Crippen LogP contribution in [0, 0.1) is 14.5 Å². The van der Waals surface area contributed by atoms with Crippen molar-refractivity contribution in [3.63, 3.8) is 0 Å². The maximum absolute atomic E-state index is 11.8. The van der Waals surface area contributed by atoms with E-state index in [0.717, 1.165) is 11.3 Å². The summed E-state index contributed by atoms with van der Waals surface area (Å²) in [7, 11) is 10.2. The zero-order valence-corrected chi connectivity index (χ0v) is 20.6. The molecule has 1 radical (unpaired) electrons. The predicted octanol–water partition coefficient (Wildman–Crippen LogP) is 3.55. The number of rotatable bonds is 2. The monoisotopic (exact) mass is 466 g/mol. The van der Waals surface area contributed by atoms with Crippen molar-refractivity contribution < 1.29 is 42.3 Å². The van der Waals surface area contributed by atoms with Crippen molar-refractivity contribution in [3.8, 4) is 11.3 Å². The van der Waals surface area contributed by atoms with Crippen molar-refractivity contribution in [1.82, 2.24) is 24.6 Å². The molecule has 0 atom stereocenters. The Labute approximate surface area is 196 Å². The van der Waals surface area contributed by atoms with E-state index in [1.807, 2.05) is 39.2 Å². The molecule has 0 fully saturated rings. The zero-order chi connectivity index (χ0) is 19.6. The first-order chi connectivity index (χ1) is 11.7. The molecule has 2 aromatic rings. The third-order valence-electron chi connectivity index (χ3n) is 2.91. The van der Waals surface area contributed by atoms with E-state index in [2.05, 4.69) is 17.1 Å². The van der Waals surface area contributed by atoms with Crippen molar-refractivity contribution in [3.05, 3.63) is 50.8 Å². The molecule has 8 heteroatoms. The van der Waals surface area contributed by atoms with Gasteiger partial charge in [-0.3, -0.25) is 21.3 Å². The van der Waals surface area contributed by atoms with Gasteiger partial charge in [0.15, 0.2) is 5.91 Å². The Balaban J connectivity index is -0.000000228. The van der Waals surface area contributed by atoms with E-state index < -0.39 is 0 Å². The minimum absolute atomic E-state index is 0. The maximum atomic E-state index is 11.8. The summed E-state index contributed by atoms with van der Waals surface area (Å²) in [5.41, 5.74) is 2.10. The molecule has 0 spiro atoms. The molecule has 157 valence electrons. The zero-order valence-electron chi connectivity index (χ0n) is 17.7. The summed E-state index contributed by atoms with van der Waals surface area (Å²) in [6.07, 6.45) is 3.60. The number of hydrogen-bond acceptors (Lipinski definition) is 4. The van der Waals surface area contributed by atoms with Crippen LogP contribution < -0.4 is 0 Å². The van der Waals surface area contributed by atoms with Crippen LogP contribution in [0.15, 0.2) is 30.6 Å². The minimum atomic E-state index is -0.101. The van der Waals surface area contributed by atoms with E-state index in [-0.39, 0.29) is 59.4 Å². The molecular formula is C20H35N5O2Y-2. The molecule has 0 saturated heterocycles. The summed E-state index contributed by atoms with van der Waals surface area (Å²) in [5, 5.41) is 4.08. The standard InChI is InChI=1S/C12H14N4O.C4H8NO.C2H6.CH4.CH3.Y/c1-15(2)12(17)11-6-4-5-10(14-11)9-7-13-16(3)8-9;1-4(6)5(2)3;1-2;;;/h4-8H,1-3H3;2H2,1,3H3;1-2H3;1H4;1H3;/q;-1;;;-1;. The van der Waals surface area contributed by atoms with Gasteiger partial charge < -0.3 is 17.2 Å². The molecule has 0 aromatic carbocycles. The van der Waals surface area contributed by atoms with Crippen molar-refractivity contribution in [2.75, 3.05) is 21.1 Å². The molecule has 0 saturated carbocycles.